The highest BCUT2D eigenvalue weighted by Crippen LogP contribution is 2.23. The first kappa shape index (κ1) is 15.1. The van der Waals surface area contributed by atoms with Gasteiger partial charge in [0.1, 0.15) is 17.7 Å². The summed E-state index contributed by atoms with van der Waals surface area (Å²) in [4.78, 5) is 11.5. The number of aryl methyl sites for hydroxylation is 1. The molecule has 4 rings (SSSR count). The molecule has 1 atom stereocenters. The molecule has 3 aromatic rings. The molecule has 1 saturated heterocycles. The van der Waals surface area contributed by atoms with Crippen molar-refractivity contribution in [3.63, 3.8) is 0 Å². The van der Waals surface area contributed by atoms with E-state index in [0.717, 1.165) is 42.2 Å². The van der Waals surface area contributed by atoms with Crippen LogP contribution in [0.1, 0.15) is 17.6 Å². The molecule has 6 heteroatoms. The van der Waals surface area contributed by atoms with Crippen LogP contribution in [0, 0.1) is 0 Å². The largest absolute Gasteiger partial charge is 0.384 e. The Hall–Kier alpha value is -2.44. The number of hydrogen-bond donors (Lipinski definition) is 1. The van der Waals surface area contributed by atoms with Gasteiger partial charge in [-0.25, -0.2) is 9.97 Å². The summed E-state index contributed by atoms with van der Waals surface area (Å²) >= 11 is 0. The van der Waals surface area contributed by atoms with E-state index >= 15 is 0 Å². The number of morpholine rings is 1. The van der Waals surface area contributed by atoms with Gasteiger partial charge in [-0.3, -0.25) is 4.90 Å². The van der Waals surface area contributed by atoms with Crippen LogP contribution in [-0.2, 0) is 18.3 Å². The Morgan fingerprint density at radius 1 is 1.17 bits per heavy atom. The second-order valence-corrected chi connectivity index (χ2v) is 6.16. The Kier molecular flexibility index (Phi) is 3.92. The first-order valence-corrected chi connectivity index (χ1v) is 8.17. The number of benzene rings is 1. The van der Waals surface area contributed by atoms with Crippen LogP contribution in [-0.4, -0.2) is 39.1 Å². The number of rotatable bonds is 3. The standard InChI is InChI=1S/C18H21N5O/c1-22-15-7-3-2-5-13(15)21-18(22)12-23-9-10-24-16(11-23)14-6-4-8-17(19)20-14/h2-8,16H,9-12H2,1H3,(H2,19,20)/t16-/m0/s1. The minimum Gasteiger partial charge on any atom is -0.384 e. The van der Waals surface area contributed by atoms with Crippen LogP contribution in [0.2, 0.25) is 0 Å². The van der Waals surface area contributed by atoms with Crippen molar-refractivity contribution in [3.05, 3.63) is 54.0 Å². The van der Waals surface area contributed by atoms with E-state index < -0.39 is 0 Å². The van der Waals surface area contributed by atoms with E-state index in [0.29, 0.717) is 12.4 Å². The fraction of sp³-hybridized carbons (Fsp3) is 0.333. The molecule has 1 aromatic carbocycles. The zero-order valence-corrected chi connectivity index (χ0v) is 13.7. The van der Waals surface area contributed by atoms with Crippen molar-refractivity contribution in [2.75, 3.05) is 25.4 Å². The summed E-state index contributed by atoms with van der Waals surface area (Å²) in [7, 11) is 2.07. The molecule has 2 N–H and O–H groups in total. The SMILES string of the molecule is Cn1c(CN2CCO[C@H](c3cccc(N)n3)C2)nc2ccccc21. The van der Waals surface area contributed by atoms with Crippen LogP contribution in [0.4, 0.5) is 5.82 Å². The number of ether oxygens (including phenoxy) is 1. The molecule has 0 aliphatic carbocycles. The molecule has 0 amide bonds. The van der Waals surface area contributed by atoms with Crippen molar-refractivity contribution < 1.29 is 4.74 Å². The van der Waals surface area contributed by atoms with Crippen molar-refractivity contribution in [2.45, 2.75) is 12.6 Å². The summed E-state index contributed by atoms with van der Waals surface area (Å²) in [6.07, 6.45) is -0.0445. The van der Waals surface area contributed by atoms with Gasteiger partial charge in [-0.05, 0) is 24.3 Å². The third-order valence-corrected chi connectivity index (χ3v) is 4.52. The average molecular weight is 323 g/mol. The van der Waals surface area contributed by atoms with Gasteiger partial charge in [0.15, 0.2) is 0 Å². The van der Waals surface area contributed by atoms with E-state index in [-0.39, 0.29) is 6.10 Å². The topological polar surface area (TPSA) is 69.2 Å². The number of aromatic nitrogens is 3. The Bertz CT molecular complexity index is 859. The number of nitrogens with zero attached hydrogens (tertiary/aromatic N) is 4. The van der Waals surface area contributed by atoms with Crippen LogP contribution < -0.4 is 5.73 Å². The quantitative estimate of drug-likeness (QED) is 0.799. The van der Waals surface area contributed by atoms with E-state index in [9.17, 15) is 0 Å². The number of pyridine rings is 1. The molecule has 1 fully saturated rings. The lowest BCUT2D eigenvalue weighted by molar-refractivity contribution is -0.0358. The highest BCUT2D eigenvalue weighted by atomic mass is 16.5. The maximum atomic E-state index is 5.89. The van der Waals surface area contributed by atoms with Gasteiger partial charge < -0.3 is 15.0 Å². The fourth-order valence-electron chi connectivity index (χ4n) is 3.21. The van der Waals surface area contributed by atoms with Crippen molar-refractivity contribution in [3.8, 4) is 0 Å². The number of imidazole rings is 1. The van der Waals surface area contributed by atoms with Crippen molar-refractivity contribution >= 4 is 16.9 Å². The van der Waals surface area contributed by atoms with E-state index in [2.05, 4.69) is 33.6 Å². The molecule has 24 heavy (non-hydrogen) atoms. The van der Waals surface area contributed by atoms with E-state index in [4.69, 9.17) is 15.5 Å². The fourth-order valence-corrected chi connectivity index (χ4v) is 3.21. The maximum Gasteiger partial charge on any atom is 0.123 e. The van der Waals surface area contributed by atoms with Gasteiger partial charge in [-0.2, -0.15) is 0 Å². The van der Waals surface area contributed by atoms with Crippen LogP contribution in [0.25, 0.3) is 11.0 Å². The minimum absolute atomic E-state index is 0.0445. The van der Waals surface area contributed by atoms with Gasteiger partial charge >= 0.3 is 0 Å². The molecule has 124 valence electrons. The zero-order chi connectivity index (χ0) is 16.5. The third-order valence-electron chi connectivity index (χ3n) is 4.52. The van der Waals surface area contributed by atoms with Gasteiger partial charge in [0.05, 0.1) is 29.9 Å². The highest BCUT2D eigenvalue weighted by molar-refractivity contribution is 5.75. The van der Waals surface area contributed by atoms with Gasteiger partial charge in [0.2, 0.25) is 0 Å². The van der Waals surface area contributed by atoms with Crippen LogP contribution in [0.15, 0.2) is 42.5 Å². The molecule has 0 saturated carbocycles. The lowest BCUT2D eigenvalue weighted by Crippen LogP contribution is -2.38. The third kappa shape index (κ3) is 2.86. The molecule has 2 aromatic heterocycles. The first-order chi connectivity index (χ1) is 11.7. The Morgan fingerprint density at radius 3 is 2.88 bits per heavy atom. The van der Waals surface area contributed by atoms with Gasteiger partial charge in [-0.1, -0.05) is 18.2 Å². The summed E-state index contributed by atoms with van der Waals surface area (Å²) in [5, 5.41) is 0. The summed E-state index contributed by atoms with van der Waals surface area (Å²) < 4.78 is 8.05. The van der Waals surface area contributed by atoms with E-state index in [1.807, 2.05) is 24.3 Å². The summed E-state index contributed by atoms with van der Waals surface area (Å²) in [5.74, 6) is 1.60. The minimum atomic E-state index is -0.0445. The molecule has 0 spiro atoms. The monoisotopic (exact) mass is 323 g/mol. The van der Waals surface area contributed by atoms with Crippen LogP contribution in [0.3, 0.4) is 0 Å². The smallest absolute Gasteiger partial charge is 0.123 e. The van der Waals surface area contributed by atoms with Crippen LogP contribution >= 0.6 is 0 Å². The summed E-state index contributed by atoms with van der Waals surface area (Å²) in [6.45, 7) is 3.17. The number of hydrogen-bond acceptors (Lipinski definition) is 5. The molecule has 1 aliphatic rings. The second-order valence-electron chi connectivity index (χ2n) is 6.16. The highest BCUT2D eigenvalue weighted by Gasteiger charge is 2.24. The van der Waals surface area contributed by atoms with Gasteiger partial charge in [0, 0.05) is 20.1 Å². The molecular weight excluding hydrogens is 302 g/mol. The molecule has 0 unspecified atom stereocenters. The second kappa shape index (κ2) is 6.22. The number of nitrogen functional groups attached to an aromatic ring is 1. The molecule has 0 radical (unpaired) electrons. The number of para-hydroxylation sites is 2. The number of anilines is 1. The lowest BCUT2D eigenvalue weighted by Gasteiger charge is -2.32. The molecule has 3 heterocycles. The zero-order valence-electron chi connectivity index (χ0n) is 13.7. The molecule has 1 aliphatic heterocycles. The van der Waals surface area contributed by atoms with E-state index in [1.165, 1.54) is 0 Å². The average Bonchev–Trinajstić information content (AvgIpc) is 2.91. The van der Waals surface area contributed by atoms with Gasteiger partial charge in [-0.15, -0.1) is 0 Å². The van der Waals surface area contributed by atoms with Crippen LogP contribution in [0.5, 0.6) is 0 Å². The molecular formula is C18H21N5O. The van der Waals surface area contributed by atoms with E-state index in [1.54, 1.807) is 6.07 Å². The Balaban J connectivity index is 1.53. The summed E-state index contributed by atoms with van der Waals surface area (Å²) in [6, 6.07) is 13.9. The molecule has 6 nitrogen and oxygen atoms in total. The first-order valence-electron chi connectivity index (χ1n) is 8.17. The van der Waals surface area contributed by atoms with Crippen molar-refractivity contribution in [1.29, 1.82) is 0 Å². The predicted molar refractivity (Wildman–Crippen MR) is 93.3 cm³/mol. The summed E-state index contributed by atoms with van der Waals surface area (Å²) in [5.41, 5.74) is 8.89. The lowest BCUT2D eigenvalue weighted by atomic mass is 10.2. The predicted octanol–water partition coefficient (Wildman–Crippen LogP) is 2.12. The Labute approximate surface area is 140 Å². The number of nitrogens with two attached hydrogens (primary N) is 1. The Morgan fingerprint density at radius 2 is 2.04 bits per heavy atom. The van der Waals surface area contributed by atoms with Crippen molar-refractivity contribution in [1.82, 2.24) is 19.4 Å². The van der Waals surface area contributed by atoms with Gasteiger partial charge in [0.25, 0.3) is 0 Å². The number of fused-ring (bicyclic) bond motifs is 1. The normalized spacial score (nSPS) is 19.0. The van der Waals surface area contributed by atoms with Crippen molar-refractivity contribution in [2.24, 2.45) is 7.05 Å². The molecule has 0 bridgehead atoms. The maximum absolute atomic E-state index is 5.89.